The molecular formula is C24H21ClO7. The Morgan fingerprint density at radius 2 is 1.28 bits per heavy atom. The maximum atomic E-state index is 12.8. The number of aliphatic hydroxyl groups is 1. The van der Waals surface area contributed by atoms with Crippen molar-refractivity contribution in [3.05, 3.63) is 83.4 Å². The molecule has 1 atom stereocenters. The lowest BCUT2D eigenvalue weighted by Gasteiger charge is -2.15. The van der Waals surface area contributed by atoms with Gasteiger partial charge in [0.1, 0.15) is 22.6 Å². The second-order valence-electron chi connectivity index (χ2n) is 6.56. The summed E-state index contributed by atoms with van der Waals surface area (Å²) < 4.78 is 21.4. The number of esters is 2. The monoisotopic (exact) mass is 456 g/mol. The van der Waals surface area contributed by atoms with E-state index in [-0.39, 0.29) is 28.5 Å². The molecule has 166 valence electrons. The van der Waals surface area contributed by atoms with Gasteiger partial charge in [-0.2, -0.15) is 0 Å². The molecule has 7 nitrogen and oxygen atoms in total. The minimum Gasteiger partial charge on any atom is -0.496 e. The normalized spacial score (nSPS) is 11.4. The van der Waals surface area contributed by atoms with E-state index in [1.807, 2.05) is 0 Å². The Kier molecular flexibility index (Phi) is 7.70. The highest BCUT2D eigenvalue weighted by Crippen LogP contribution is 2.33. The fourth-order valence-electron chi connectivity index (χ4n) is 2.92. The second kappa shape index (κ2) is 10.7. The van der Waals surface area contributed by atoms with Crippen molar-refractivity contribution in [2.75, 3.05) is 20.1 Å². The topological polar surface area (TPSA) is 91.3 Å². The van der Waals surface area contributed by atoms with Gasteiger partial charge in [0.05, 0.1) is 26.2 Å². The molecule has 0 heterocycles. The Morgan fingerprint density at radius 1 is 0.781 bits per heavy atom. The van der Waals surface area contributed by atoms with Gasteiger partial charge in [-0.3, -0.25) is 0 Å². The molecule has 3 aromatic carbocycles. The van der Waals surface area contributed by atoms with Gasteiger partial charge in [0.25, 0.3) is 0 Å². The van der Waals surface area contributed by atoms with Crippen molar-refractivity contribution in [1.29, 1.82) is 0 Å². The number of halogens is 1. The number of ether oxygens (including phenoxy) is 4. The van der Waals surface area contributed by atoms with Crippen LogP contribution >= 0.6 is 11.6 Å². The zero-order chi connectivity index (χ0) is 23.1. The Balaban J connectivity index is 1.95. The molecule has 8 heteroatoms. The van der Waals surface area contributed by atoms with Gasteiger partial charge in [-0.15, -0.1) is 11.6 Å². The van der Waals surface area contributed by atoms with Crippen LogP contribution in [-0.2, 0) is 0 Å². The first-order valence-electron chi connectivity index (χ1n) is 9.56. The first kappa shape index (κ1) is 23.1. The van der Waals surface area contributed by atoms with Gasteiger partial charge in [-0.1, -0.05) is 30.3 Å². The van der Waals surface area contributed by atoms with Gasteiger partial charge in [0.15, 0.2) is 11.5 Å². The largest absolute Gasteiger partial charge is 0.496 e. The van der Waals surface area contributed by atoms with E-state index < -0.39 is 18.0 Å². The Morgan fingerprint density at radius 3 is 1.78 bits per heavy atom. The molecule has 0 radical (unpaired) electrons. The predicted molar refractivity (Wildman–Crippen MR) is 118 cm³/mol. The van der Waals surface area contributed by atoms with Crippen LogP contribution in [-0.4, -0.2) is 37.1 Å². The second-order valence-corrected chi connectivity index (χ2v) is 6.86. The number of methoxy groups -OCH3 is 2. The van der Waals surface area contributed by atoms with Gasteiger partial charge < -0.3 is 24.1 Å². The maximum absolute atomic E-state index is 12.8. The lowest BCUT2D eigenvalue weighted by atomic mass is 10.1. The van der Waals surface area contributed by atoms with Crippen molar-refractivity contribution in [1.82, 2.24) is 0 Å². The van der Waals surface area contributed by atoms with E-state index in [1.165, 1.54) is 32.4 Å². The Bertz CT molecular complexity index is 1110. The third-order valence-electron chi connectivity index (χ3n) is 4.56. The van der Waals surface area contributed by atoms with Gasteiger partial charge in [0, 0.05) is 0 Å². The molecule has 0 aliphatic heterocycles. The molecule has 1 unspecified atom stereocenters. The van der Waals surface area contributed by atoms with Gasteiger partial charge in [-0.25, -0.2) is 9.59 Å². The number of alkyl halides is 1. The van der Waals surface area contributed by atoms with Gasteiger partial charge >= 0.3 is 11.9 Å². The zero-order valence-electron chi connectivity index (χ0n) is 17.4. The van der Waals surface area contributed by atoms with Crippen molar-refractivity contribution >= 4 is 23.5 Å². The average molecular weight is 457 g/mol. The fourth-order valence-corrected chi connectivity index (χ4v) is 3.10. The molecule has 3 aromatic rings. The number of benzene rings is 3. The number of rotatable bonds is 8. The Hall–Kier alpha value is -3.55. The molecule has 0 saturated carbocycles. The highest BCUT2D eigenvalue weighted by Gasteiger charge is 2.21. The number of hydrogen-bond acceptors (Lipinski definition) is 7. The van der Waals surface area contributed by atoms with Crippen LogP contribution < -0.4 is 18.9 Å². The summed E-state index contributed by atoms with van der Waals surface area (Å²) in [4.78, 5) is 25.5. The zero-order valence-corrected chi connectivity index (χ0v) is 18.2. The van der Waals surface area contributed by atoms with Crippen molar-refractivity contribution in [2.24, 2.45) is 0 Å². The number of carbonyl (C=O) groups is 2. The summed E-state index contributed by atoms with van der Waals surface area (Å²) in [5, 5.41) is 10.1. The van der Waals surface area contributed by atoms with Gasteiger partial charge in [-0.05, 0) is 42.0 Å². The lowest BCUT2D eigenvalue weighted by Crippen LogP contribution is -2.14. The first-order valence-corrected chi connectivity index (χ1v) is 10.1. The van der Waals surface area contributed by atoms with Crippen molar-refractivity contribution in [2.45, 2.75) is 6.10 Å². The molecule has 1 N–H and O–H groups in total. The molecular weight excluding hydrogens is 436 g/mol. The third kappa shape index (κ3) is 5.19. The smallest absolute Gasteiger partial charge is 0.347 e. The predicted octanol–water partition coefficient (Wildman–Crippen LogP) is 4.41. The van der Waals surface area contributed by atoms with E-state index >= 15 is 0 Å². The molecule has 0 aliphatic carbocycles. The van der Waals surface area contributed by atoms with Crippen LogP contribution in [0.2, 0.25) is 0 Å². The summed E-state index contributed by atoms with van der Waals surface area (Å²) in [5.74, 6) is -0.931. The van der Waals surface area contributed by atoms with E-state index in [9.17, 15) is 14.7 Å². The van der Waals surface area contributed by atoms with Crippen molar-refractivity contribution < 1.29 is 33.6 Å². The van der Waals surface area contributed by atoms with Crippen LogP contribution in [0, 0.1) is 0 Å². The molecule has 3 rings (SSSR count). The minimum absolute atomic E-state index is 0.0188. The summed E-state index contributed by atoms with van der Waals surface area (Å²) in [6, 6.07) is 17.4. The van der Waals surface area contributed by atoms with Crippen LogP contribution in [0.25, 0.3) is 0 Å². The highest BCUT2D eigenvalue weighted by molar-refractivity contribution is 6.18. The Labute approximate surface area is 190 Å². The number of hydrogen-bond donors (Lipinski definition) is 1. The summed E-state index contributed by atoms with van der Waals surface area (Å²) in [5.41, 5.74) is 0.766. The van der Waals surface area contributed by atoms with Gasteiger partial charge in [0.2, 0.25) is 0 Å². The maximum Gasteiger partial charge on any atom is 0.347 e. The quantitative estimate of drug-likeness (QED) is 0.305. The summed E-state index contributed by atoms with van der Waals surface area (Å²) >= 11 is 5.74. The SMILES string of the molecule is COc1ccccc1C(=O)Oc1ccc(C(O)CCl)cc1OC(=O)c1ccccc1OC. The van der Waals surface area contributed by atoms with E-state index in [0.717, 1.165) is 0 Å². The highest BCUT2D eigenvalue weighted by atomic mass is 35.5. The average Bonchev–Trinajstić information content (AvgIpc) is 2.84. The molecule has 0 aliphatic rings. The van der Waals surface area contributed by atoms with E-state index in [2.05, 4.69) is 0 Å². The van der Waals surface area contributed by atoms with E-state index in [4.69, 9.17) is 30.5 Å². The van der Waals surface area contributed by atoms with Crippen LogP contribution in [0.15, 0.2) is 66.7 Å². The van der Waals surface area contributed by atoms with Crippen LogP contribution in [0.4, 0.5) is 0 Å². The van der Waals surface area contributed by atoms with E-state index in [1.54, 1.807) is 48.5 Å². The van der Waals surface area contributed by atoms with E-state index in [0.29, 0.717) is 17.1 Å². The molecule has 0 spiro atoms. The fraction of sp³-hybridized carbons (Fsp3) is 0.167. The lowest BCUT2D eigenvalue weighted by molar-refractivity contribution is 0.0678. The summed E-state index contributed by atoms with van der Waals surface area (Å²) in [6.45, 7) is 0. The standard InChI is InChI=1S/C24H21ClO7/c1-29-19-9-5-3-7-16(19)23(27)31-21-12-11-15(18(26)14-25)13-22(21)32-24(28)17-8-4-6-10-20(17)30-2/h3-13,18,26H,14H2,1-2H3. The minimum atomic E-state index is -1.00. The number of carbonyl (C=O) groups excluding carboxylic acids is 2. The summed E-state index contributed by atoms with van der Waals surface area (Å²) in [6.07, 6.45) is -1.00. The van der Waals surface area contributed by atoms with Crippen molar-refractivity contribution in [3.8, 4) is 23.0 Å². The van der Waals surface area contributed by atoms with Crippen molar-refractivity contribution in [3.63, 3.8) is 0 Å². The first-order chi connectivity index (χ1) is 15.5. The third-order valence-corrected chi connectivity index (χ3v) is 4.85. The molecule has 0 bridgehead atoms. The van der Waals surface area contributed by atoms with Crippen LogP contribution in [0.5, 0.6) is 23.0 Å². The summed E-state index contributed by atoms with van der Waals surface area (Å²) in [7, 11) is 2.87. The molecule has 32 heavy (non-hydrogen) atoms. The number of para-hydroxylation sites is 2. The molecule has 0 saturated heterocycles. The molecule has 0 amide bonds. The van der Waals surface area contributed by atoms with Crippen LogP contribution in [0.3, 0.4) is 0 Å². The number of aliphatic hydroxyl groups excluding tert-OH is 1. The molecule has 0 fully saturated rings. The molecule has 0 aromatic heterocycles. The van der Waals surface area contributed by atoms with Crippen LogP contribution in [0.1, 0.15) is 32.4 Å².